The molecule has 0 aliphatic carbocycles. The molecule has 0 amide bonds. The van der Waals surface area contributed by atoms with Gasteiger partial charge in [0.05, 0.1) is 0 Å². The van der Waals surface area contributed by atoms with E-state index in [0.717, 1.165) is 44.7 Å². The van der Waals surface area contributed by atoms with Gasteiger partial charge in [0.15, 0.2) is 13.7 Å². The van der Waals surface area contributed by atoms with Crippen molar-refractivity contribution in [3.05, 3.63) is 66.2 Å². The molecule has 1 aliphatic heterocycles. The van der Waals surface area contributed by atoms with E-state index in [1.165, 1.54) is 16.1 Å². The highest BCUT2D eigenvalue weighted by molar-refractivity contribution is 7.02. The van der Waals surface area contributed by atoms with E-state index in [1.54, 1.807) is 0 Å². The number of hydrogen-bond donors (Lipinski definition) is 0. The molecule has 4 heteroatoms. The van der Waals surface area contributed by atoms with Crippen LogP contribution in [0.4, 0.5) is 0 Å². The zero-order chi connectivity index (χ0) is 19.9. The van der Waals surface area contributed by atoms with Crippen LogP contribution in [0.15, 0.2) is 69.5 Å². The van der Waals surface area contributed by atoms with Gasteiger partial charge < -0.3 is 8.83 Å². The molecule has 3 nitrogen and oxygen atoms in total. The Labute approximate surface area is 170 Å². The molecule has 0 spiro atoms. The third-order valence-electron chi connectivity index (χ3n) is 6.46. The Morgan fingerprint density at radius 2 is 1.59 bits per heavy atom. The van der Waals surface area contributed by atoms with Crippen LogP contribution in [-0.4, -0.2) is 8.07 Å². The van der Waals surface area contributed by atoms with Gasteiger partial charge in [0.2, 0.25) is 11.1 Å². The fourth-order valence-corrected chi connectivity index (χ4v) is 8.41. The van der Waals surface area contributed by atoms with Crippen LogP contribution in [-0.2, 0) is 7.05 Å². The van der Waals surface area contributed by atoms with E-state index in [4.69, 9.17) is 8.83 Å². The van der Waals surface area contributed by atoms with E-state index in [-0.39, 0.29) is 0 Å². The molecule has 0 fully saturated rings. The molecular formula is C25H22NO2Si+. The predicted octanol–water partition coefficient (Wildman–Crippen LogP) is 4.78. The first kappa shape index (κ1) is 16.8. The van der Waals surface area contributed by atoms with E-state index in [9.17, 15) is 0 Å². The number of nitrogens with zero attached hydrogens (tertiary/aromatic N) is 1. The van der Waals surface area contributed by atoms with Gasteiger partial charge in [-0.3, -0.25) is 0 Å². The first-order valence-corrected chi connectivity index (χ1v) is 13.0. The molecular weight excluding hydrogens is 374 g/mol. The number of oxazole rings is 1. The Kier molecular flexibility index (Phi) is 3.18. The van der Waals surface area contributed by atoms with Crippen LogP contribution in [0, 0.1) is 6.92 Å². The topological polar surface area (TPSA) is 30.2 Å². The number of aryl methyl sites for hydroxylation is 1. The summed E-state index contributed by atoms with van der Waals surface area (Å²) in [5, 5.41) is 5.08. The highest BCUT2D eigenvalue weighted by atomic mass is 28.3. The van der Waals surface area contributed by atoms with E-state index in [2.05, 4.69) is 80.2 Å². The molecule has 1 aliphatic rings. The fourth-order valence-electron chi connectivity index (χ4n) is 5.08. The van der Waals surface area contributed by atoms with E-state index in [1.807, 2.05) is 12.1 Å². The van der Waals surface area contributed by atoms with Crippen molar-refractivity contribution < 1.29 is 13.4 Å². The molecule has 142 valence electrons. The zero-order valence-corrected chi connectivity index (χ0v) is 18.0. The second-order valence-electron chi connectivity index (χ2n) is 8.55. The normalized spacial score (nSPS) is 14.5. The van der Waals surface area contributed by atoms with E-state index >= 15 is 0 Å². The standard InChI is InChI=1S/C25H22NO2Si/c1-15-13-14-17-16-9-5-7-11-19(16)27-22(17)21(15)24-26(2)25-23(28-24)18-10-6-8-12-20(18)29(25,3)4/h5-14H,1-4H3/q+1. The maximum atomic E-state index is 6.63. The van der Waals surface area contributed by atoms with Gasteiger partial charge in [-0.1, -0.05) is 67.7 Å². The van der Waals surface area contributed by atoms with Gasteiger partial charge in [-0.15, -0.1) is 0 Å². The van der Waals surface area contributed by atoms with Crippen LogP contribution in [0.3, 0.4) is 0 Å². The molecule has 6 rings (SSSR count). The van der Waals surface area contributed by atoms with Gasteiger partial charge in [-0.25, -0.2) is 0 Å². The summed E-state index contributed by atoms with van der Waals surface area (Å²) in [7, 11) is 0.322. The molecule has 0 saturated heterocycles. The van der Waals surface area contributed by atoms with Crippen molar-refractivity contribution in [2.24, 2.45) is 7.05 Å². The fraction of sp³-hybridized carbons (Fsp3) is 0.160. The van der Waals surface area contributed by atoms with Crippen LogP contribution in [0.5, 0.6) is 0 Å². The van der Waals surface area contributed by atoms with Crippen LogP contribution in [0.1, 0.15) is 5.56 Å². The Hall–Kier alpha value is -3.11. The molecule has 2 aromatic heterocycles. The largest absolute Gasteiger partial charge is 0.455 e. The molecule has 3 heterocycles. The summed E-state index contributed by atoms with van der Waals surface area (Å²) in [6.45, 7) is 6.95. The first-order chi connectivity index (χ1) is 14.0. The maximum Gasteiger partial charge on any atom is 0.384 e. The van der Waals surface area contributed by atoms with Crippen LogP contribution in [0.2, 0.25) is 13.1 Å². The van der Waals surface area contributed by atoms with Crippen molar-refractivity contribution in [3.63, 3.8) is 0 Å². The summed E-state index contributed by atoms with van der Waals surface area (Å²) in [6, 6.07) is 21.3. The predicted molar refractivity (Wildman–Crippen MR) is 120 cm³/mol. The Morgan fingerprint density at radius 1 is 0.828 bits per heavy atom. The van der Waals surface area contributed by atoms with Crippen molar-refractivity contribution in [1.29, 1.82) is 0 Å². The Bertz CT molecular complexity index is 1460. The molecule has 0 unspecified atom stereocenters. The van der Waals surface area contributed by atoms with Gasteiger partial charge in [0.25, 0.3) is 0 Å². The number of aromatic nitrogens is 1. The molecule has 3 aromatic carbocycles. The monoisotopic (exact) mass is 396 g/mol. The summed E-state index contributed by atoms with van der Waals surface area (Å²) in [6.07, 6.45) is 0. The molecule has 5 aromatic rings. The summed E-state index contributed by atoms with van der Waals surface area (Å²) in [5.41, 5.74) is 5.28. The quantitative estimate of drug-likeness (QED) is 0.301. The van der Waals surface area contributed by atoms with Gasteiger partial charge >= 0.3 is 5.89 Å². The lowest BCUT2D eigenvalue weighted by molar-refractivity contribution is -0.645. The summed E-state index contributed by atoms with van der Waals surface area (Å²) in [4.78, 5) is 0. The lowest BCUT2D eigenvalue weighted by Crippen LogP contribution is -2.62. The average Bonchev–Trinajstić information content (AvgIpc) is 3.32. The second-order valence-corrected chi connectivity index (χ2v) is 12.8. The van der Waals surface area contributed by atoms with Gasteiger partial charge in [0.1, 0.15) is 18.2 Å². The molecule has 0 saturated carbocycles. The number of furan rings is 1. The molecule has 0 N–H and O–H groups in total. The van der Waals surface area contributed by atoms with Crippen LogP contribution in [0.25, 0.3) is 44.7 Å². The first-order valence-electron chi connectivity index (χ1n) is 10.0. The Balaban J connectivity index is 1.71. The van der Waals surface area contributed by atoms with Gasteiger partial charge in [0, 0.05) is 16.3 Å². The average molecular weight is 397 g/mol. The number of rotatable bonds is 1. The van der Waals surface area contributed by atoms with Crippen LogP contribution >= 0.6 is 0 Å². The van der Waals surface area contributed by atoms with E-state index in [0.29, 0.717) is 0 Å². The smallest absolute Gasteiger partial charge is 0.384 e. The van der Waals surface area contributed by atoms with Crippen molar-refractivity contribution in [3.8, 4) is 22.8 Å². The van der Waals surface area contributed by atoms with Crippen molar-refractivity contribution in [1.82, 2.24) is 0 Å². The third-order valence-corrected chi connectivity index (χ3v) is 9.99. The zero-order valence-electron chi connectivity index (χ0n) is 17.0. The number of fused-ring (bicyclic) bond motifs is 6. The van der Waals surface area contributed by atoms with E-state index < -0.39 is 8.07 Å². The minimum Gasteiger partial charge on any atom is -0.455 e. The SMILES string of the molecule is Cc1ccc2c(oc3ccccc32)c1-c1oc2c([n+]1C)[Si](C)(C)c1ccccc1-2. The highest BCUT2D eigenvalue weighted by Crippen LogP contribution is 2.38. The summed E-state index contributed by atoms with van der Waals surface area (Å²) in [5.74, 6) is 1.91. The third kappa shape index (κ3) is 2.04. The molecule has 0 bridgehead atoms. The maximum absolute atomic E-state index is 6.63. The summed E-state index contributed by atoms with van der Waals surface area (Å²) >= 11 is 0. The van der Waals surface area contributed by atoms with Crippen molar-refractivity contribution in [2.45, 2.75) is 20.0 Å². The van der Waals surface area contributed by atoms with Gasteiger partial charge in [-0.2, -0.15) is 4.57 Å². The number of hydrogen-bond acceptors (Lipinski definition) is 2. The minimum absolute atomic E-state index is 0.882. The lowest BCUT2D eigenvalue weighted by Gasteiger charge is -2.13. The molecule has 0 radical (unpaired) electrons. The summed E-state index contributed by atoms with van der Waals surface area (Å²) < 4.78 is 15.2. The lowest BCUT2D eigenvalue weighted by atomic mass is 10.0. The second kappa shape index (κ2) is 5.48. The highest BCUT2D eigenvalue weighted by Gasteiger charge is 2.49. The molecule has 29 heavy (non-hydrogen) atoms. The minimum atomic E-state index is -1.82. The number of para-hydroxylation sites is 1. The van der Waals surface area contributed by atoms with Gasteiger partial charge in [-0.05, 0) is 23.7 Å². The molecule has 0 atom stereocenters. The number of benzene rings is 3. The van der Waals surface area contributed by atoms with Crippen molar-refractivity contribution >= 4 is 40.5 Å². The van der Waals surface area contributed by atoms with Crippen molar-refractivity contribution in [2.75, 3.05) is 0 Å². The van der Waals surface area contributed by atoms with Crippen LogP contribution < -0.4 is 15.1 Å². The Morgan fingerprint density at radius 3 is 2.45 bits per heavy atom.